The zero-order valence-corrected chi connectivity index (χ0v) is 21.5. The quantitative estimate of drug-likeness (QED) is 0.595. The molecule has 5 heteroatoms. The van der Waals surface area contributed by atoms with E-state index >= 15 is 0 Å². The lowest BCUT2D eigenvalue weighted by molar-refractivity contribution is -0.141. The molecule has 0 bridgehead atoms. The van der Waals surface area contributed by atoms with Crippen molar-refractivity contribution in [1.82, 2.24) is 10.2 Å². The molecule has 2 aromatic carbocycles. The van der Waals surface area contributed by atoms with E-state index in [0.717, 1.165) is 16.9 Å². The third kappa shape index (κ3) is 8.23. The van der Waals surface area contributed by atoms with Gasteiger partial charge in [-0.15, -0.1) is 0 Å². The first-order valence-corrected chi connectivity index (χ1v) is 11.6. The molecule has 0 aromatic heterocycles. The van der Waals surface area contributed by atoms with E-state index in [-0.39, 0.29) is 22.8 Å². The van der Waals surface area contributed by atoms with Crippen LogP contribution in [0.1, 0.15) is 71.6 Å². The lowest BCUT2D eigenvalue weighted by Gasteiger charge is -2.31. The second-order valence-electron chi connectivity index (χ2n) is 10.7. The van der Waals surface area contributed by atoms with E-state index in [0.29, 0.717) is 19.4 Å². The van der Waals surface area contributed by atoms with Crippen molar-refractivity contribution in [2.75, 3.05) is 7.11 Å². The van der Waals surface area contributed by atoms with E-state index in [4.69, 9.17) is 4.74 Å². The number of amides is 2. The molecule has 0 unspecified atom stereocenters. The molecule has 2 rings (SSSR count). The van der Waals surface area contributed by atoms with Crippen LogP contribution in [-0.4, -0.2) is 35.4 Å². The standard InChI is InChI=1S/C28H40N2O3/c1-20(26(32)29-28(5,6)7)30(19-22-11-16-24(33-8)17-12-22)25(31)18-13-21-9-14-23(15-10-21)27(2,3)4/h9-12,14-17,20H,13,18-19H2,1-8H3,(H,29,32)/t20-/m1/s1. The number of nitrogens with one attached hydrogen (secondary N) is 1. The lowest BCUT2D eigenvalue weighted by Crippen LogP contribution is -2.52. The number of nitrogens with zero attached hydrogens (tertiary/aromatic N) is 1. The highest BCUT2D eigenvalue weighted by Crippen LogP contribution is 2.23. The van der Waals surface area contributed by atoms with Crippen molar-refractivity contribution in [3.8, 4) is 5.75 Å². The number of aryl methyl sites for hydroxylation is 1. The van der Waals surface area contributed by atoms with Gasteiger partial charge in [0.05, 0.1) is 7.11 Å². The van der Waals surface area contributed by atoms with Gasteiger partial charge in [-0.2, -0.15) is 0 Å². The third-order valence-electron chi connectivity index (χ3n) is 5.62. The highest BCUT2D eigenvalue weighted by Gasteiger charge is 2.28. The van der Waals surface area contributed by atoms with Gasteiger partial charge in [0.1, 0.15) is 11.8 Å². The molecule has 0 aliphatic carbocycles. The minimum absolute atomic E-state index is 0.0396. The summed E-state index contributed by atoms with van der Waals surface area (Å²) in [5, 5.41) is 3.00. The van der Waals surface area contributed by atoms with Crippen LogP contribution >= 0.6 is 0 Å². The molecule has 33 heavy (non-hydrogen) atoms. The van der Waals surface area contributed by atoms with Gasteiger partial charge >= 0.3 is 0 Å². The van der Waals surface area contributed by atoms with Crippen LogP contribution in [0.4, 0.5) is 0 Å². The minimum Gasteiger partial charge on any atom is -0.497 e. The largest absolute Gasteiger partial charge is 0.497 e. The first kappa shape index (κ1) is 26.4. The fourth-order valence-electron chi connectivity index (χ4n) is 3.55. The van der Waals surface area contributed by atoms with Crippen LogP contribution in [0.2, 0.25) is 0 Å². The van der Waals surface area contributed by atoms with Crippen molar-refractivity contribution >= 4 is 11.8 Å². The summed E-state index contributed by atoms with van der Waals surface area (Å²) in [6.07, 6.45) is 0.980. The molecule has 2 aromatic rings. The summed E-state index contributed by atoms with van der Waals surface area (Å²) in [6.45, 7) is 14.5. The Kier molecular flexibility index (Phi) is 8.70. The summed E-state index contributed by atoms with van der Waals surface area (Å²) in [5.41, 5.74) is 3.07. The number of benzene rings is 2. The Bertz CT molecular complexity index is 920. The summed E-state index contributed by atoms with van der Waals surface area (Å²) in [6, 6.07) is 15.5. The van der Waals surface area contributed by atoms with E-state index < -0.39 is 6.04 Å². The summed E-state index contributed by atoms with van der Waals surface area (Å²) in [5.74, 6) is 0.565. The molecule has 0 fully saturated rings. The molecule has 0 heterocycles. The van der Waals surface area contributed by atoms with Crippen LogP contribution in [0.5, 0.6) is 5.75 Å². The van der Waals surface area contributed by atoms with Gasteiger partial charge in [0.25, 0.3) is 0 Å². The Hall–Kier alpha value is -2.82. The number of ether oxygens (including phenoxy) is 1. The summed E-state index contributed by atoms with van der Waals surface area (Å²) >= 11 is 0. The zero-order valence-electron chi connectivity index (χ0n) is 21.5. The first-order chi connectivity index (χ1) is 15.3. The maximum absolute atomic E-state index is 13.3. The molecule has 0 aliphatic rings. The minimum atomic E-state index is -0.581. The normalized spacial score (nSPS) is 12.7. The molecule has 0 spiro atoms. The summed E-state index contributed by atoms with van der Waals surface area (Å²) in [7, 11) is 1.62. The van der Waals surface area contributed by atoms with E-state index in [9.17, 15) is 9.59 Å². The molecule has 2 amide bonds. The lowest BCUT2D eigenvalue weighted by atomic mass is 9.86. The van der Waals surface area contributed by atoms with Crippen LogP contribution in [0.3, 0.4) is 0 Å². The van der Waals surface area contributed by atoms with E-state index in [1.165, 1.54) is 5.56 Å². The van der Waals surface area contributed by atoms with Crippen molar-refractivity contribution in [1.29, 1.82) is 0 Å². The van der Waals surface area contributed by atoms with Gasteiger partial charge in [-0.25, -0.2) is 0 Å². The van der Waals surface area contributed by atoms with E-state index in [1.54, 1.807) is 18.9 Å². The van der Waals surface area contributed by atoms with Crippen molar-refractivity contribution in [2.24, 2.45) is 0 Å². The highest BCUT2D eigenvalue weighted by molar-refractivity contribution is 5.87. The molecular formula is C28H40N2O3. The number of rotatable bonds is 8. The molecule has 1 atom stereocenters. The van der Waals surface area contributed by atoms with Gasteiger partial charge in [0.15, 0.2) is 0 Å². The van der Waals surface area contributed by atoms with Crippen LogP contribution in [-0.2, 0) is 28.0 Å². The third-order valence-corrected chi connectivity index (χ3v) is 5.62. The van der Waals surface area contributed by atoms with Crippen molar-refractivity contribution in [3.05, 3.63) is 65.2 Å². The maximum Gasteiger partial charge on any atom is 0.242 e. The van der Waals surface area contributed by atoms with E-state index in [2.05, 4.69) is 50.4 Å². The van der Waals surface area contributed by atoms with Gasteiger partial charge in [0, 0.05) is 18.5 Å². The van der Waals surface area contributed by atoms with Gasteiger partial charge in [0.2, 0.25) is 11.8 Å². The van der Waals surface area contributed by atoms with Gasteiger partial charge in [-0.05, 0) is 68.4 Å². The summed E-state index contributed by atoms with van der Waals surface area (Å²) in [4.78, 5) is 27.9. The smallest absolute Gasteiger partial charge is 0.242 e. The van der Waals surface area contributed by atoms with Gasteiger partial charge in [-0.1, -0.05) is 57.2 Å². The van der Waals surface area contributed by atoms with Crippen molar-refractivity contribution < 1.29 is 14.3 Å². The van der Waals surface area contributed by atoms with Crippen LogP contribution in [0.25, 0.3) is 0 Å². The van der Waals surface area contributed by atoms with Crippen LogP contribution < -0.4 is 10.1 Å². The van der Waals surface area contributed by atoms with Crippen LogP contribution in [0, 0.1) is 0 Å². The molecule has 0 aliphatic heterocycles. The Morgan fingerprint density at radius 1 is 0.909 bits per heavy atom. The molecule has 0 radical (unpaired) electrons. The zero-order chi connectivity index (χ0) is 24.8. The number of hydrogen-bond acceptors (Lipinski definition) is 3. The number of carbonyl (C=O) groups is 2. The highest BCUT2D eigenvalue weighted by atomic mass is 16.5. The molecule has 5 nitrogen and oxygen atoms in total. The summed E-state index contributed by atoms with van der Waals surface area (Å²) < 4.78 is 5.23. The number of carbonyl (C=O) groups excluding carboxylic acids is 2. The average molecular weight is 453 g/mol. The van der Waals surface area contributed by atoms with E-state index in [1.807, 2.05) is 45.0 Å². The molecule has 1 N–H and O–H groups in total. The number of hydrogen-bond donors (Lipinski definition) is 1. The Balaban J connectivity index is 2.16. The fraction of sp³-hybridized carbons (Fsp3) is 0.500. The molecule has 180 valence electrons. The first-order valence-electron chi connectivity index (χ1n) is 11.6. The van der Waals surface area contributed by atoms with Gasteiger partial charge < -0.3 is 15.0 Å². The second-order valence-corrected chi connectivity index (χ2v) is 10.7. The predicted octanol–water partition coefficient (Wildman–Crippen LogP) is 5.26. The maximum atomic E-state index is 13.3. The molecule has 0 saturated heterocycles. The molecular weight excluding hydrogens is 412 g/mol. The Morgan fingerprint density at radius 3 is 1.94 bits per heavy atom. The van der Waals surface area contributed by atoms with Gasteiger partial charge in [-0.3, -0.25) is 9.59 Å². The van der Waals surface area contributed by atoms with Crippen molar-refractivity contribution in [3.63, 3.8) is 0 Å². The Morgan fingerprint density at radius 2 is 1.45 bits per heavy atom. The monoisotopic (exact) mass is 452 g/mol. The second kappa shape index (κ2) is 10.9. The Labute approximate surface area is 199 Å². The molecule has 0 saturated carbocycles. The number of methoxy groups -OCH3 is 1. The van der Waals surface area contributed by atoms with Crippen molar-refractivity contribution in [2.45, 2.75) is 84.8 Å². The van der Waals surface area contributed by atoms with Crippen LogP contribution in [0.15, 0.2) is 48.5 Å². The SMILES string of the molecule is COc1ccc(CN(C(=O)CCc2ccc(C(C)(C)C)cc2)[C@H](C)C(=O)NC(C)(C)C)cc1. The topological polar surface area (TPSA) is 58.6 Å². The average Bonchev–Trinajstić information content (AvgIpc) is 2.74. The predicted molar refractivity (Wildman–Crippen MR) is 134 cm³/mol. The fourth-order valence-corrected chi connectivity index (χ4v) is 3.55.